The van der Waals surface area contributed by atoms with Crippen molar-refractivity contribution in [3.63, 3.8) is 0 Å². The molecule has 1 aliphatic rings. The van der Waals surface area contributed by atoms with E-state index in [1.165, 1.54) is 11.8 Å². The van der Waals surface area contributed by atoms with Gasteiger partial charge < -0.3 is 25.0 Å². The van der Waals surface area contributed by atoms with Gasteiger partial charge in [0.15, 0.2) is 6.29 Å². The molecule has 1 saturated heterocycles. The summed E-state index contributed by atoms with van der Waals surface area (Å²) in [6, 6.07) is 30.3. The zero-order valence-electron chi connectivity index (χ0n) is 26.2. The number of carboxylic acids is 1. The summed E-state index contributed by atoms with van der Waals surface area (Å²) >= 11 is 1.35. The first-order chi connectivity index (χ1) is 23.4. The molecule has 0 radical (unpaired) electrons. The van der Waals surface area contributed by atoms with Gasteiger partial charge in [-0.05, 0) is 52.1 Å². The lowest BCUT2D eigenvalue weighted by Gasteiger charge is -2.41. The second-order valence-corrected chi connectivity index (χ2v) is 12.5. The maximum absolute atomic E-state index is 12.6. The van der Waals surface area contributed by atoms with Crippen LogP contribution in [0, 0.1) is 5.92 Å². The number of pyridine rings is 2. The number of thioether (sulfide) groups is 1. The van der Waals surface area contributed by atoms with E-state index in [0.29, 0.717) is 22.9 Å². The molecule has 5 aromatic rings. The number of nitrogens with one attached hydrogen (secondary N) is 1. The lowest BCUT2D eigenvalue weighted by atomic mass is 9.91. The molecule has 244 valence electrons. The Kier molecular flexibility index (Phi) is 10.6. The summed E-state index contributed by atoms with van der Waals surface area (Å²) in [5.74, 6) is -0.813. The highest BCUT2D eigenvalue weighted by Gasteiger charge is 2.38. The zero-order chi connectivity index (χ0) is 33.5. The monoisotopic (exact) mass is 661 g/mol. The Morgan fingerprint density at radius 3 is 2.35 bits per heavy atom. The normalized spacial score (nSPS) is 19.0. The van der Waals surface area contributed by atoms with Gasteiger partial charge in [0.05, 0.1) is 29.9 Å². The molecule has 6 rings (SSSR count). The molecular formula is C38H35N3O6S. The predicted molar refractivity (Wildman–Crippen MR) is 182 cm³/mol. The number of ether oxygens (including phenoxy) is 2. The molecule has 9 nitrogen and oxygen atoms in total. The minimum absolute atomic E-state index is 0.0469. The number of carbonyl (C=O) groups is 2. The molecule has 0 saturated carbocycles. The highest BCUT2D eigenvalue weighted by atomic mass is 32.2. The standard InChI is InChI=1S/C38H35N3O6S/c1-24-33(23-48-36-32(37(44)45)9-5-19-40-36)46-38(47-34(24)27-12-10-25(22-42)11-13-27)28-16-14-26(15-17-28)31-8-3-2-6-29(31)21-41-35(43)30-7-4-18-39-20-30/h2-20,24,33-34,38,42H,21-23H2,1H3,(H,41,43)(H,44,45)/t24-,33+,34+,38+/m0/s1. The van der Waals surface area contributed by atoms with E-state index in [0.717, 1.165) is 33.4 Å². The van der Waals surface area contributed by atoms with E-state index in [1.54, 1.807) is 42.9 Å². The fraction of sp³-hybridized carbons (Fsp3) is 0.211. The van der Waals surface area contributed by atoms with Crippen molar-refractivity contribution in [2.75, 3.05) is 5.75 Å². The van der Waals surface area contributed by atoms with Gasteiger partial charge in [-0.15, -0.1) is 11.8 Å². The third-order valence-corrected chi connectivity index (χ3v) is 9.48. The van der Waals surface area contributed by atoms with Gasteiger partial charge in [-0.25, -0.2) is 9.78 Å². The second kappa shape index (κ2) is 15.4. The highest BCUT2D eigenvalue weighted by molar-refractivity contribution is 7.99. The largest absolute Gasteiger partial charge is 0.478 e. The Labute approximate surface area is 283 Å². The molecule has 48 heavy (non-hydrogen) atoms. The number of aromatic carboxylic acids is 1. The van der Waals surface area contributed by atoms with Crippen molar-refractivity contribution in [3.8, 4) is 11.1 Å². The second-order valence-electron chi connectivity index (χ2n) is 11.5. The van der Waals surface area contributed by atoms with Crippen LogP contribution >= 0.6 is 11.8 Å². The maximum atomic E-state index is 12.6. The third-order valence-electron chi connectivity index (χ3n) is 8.38. The first-order valence-corrected chi connectivity index (χ1v) is 16.6. The number of carboxylic acid groups (broad SMARTS) is 1. The van der Waals surface area contributed by atoms with Crippen molar-refractivity contribution >= 4 is 23.6 Å². The first-order valence-electron chi connectivity index (χ1n) is 15.6. The molecule has 3 heterocycles. The Balaban J connectivity index is 1.22. The number of benzene rings is 3. The summed E-state index contributed by atoms with van der Waals surface area (Å²) in [6.45, 7) is 2.37. The molecule has 10 heteroatoms. The van der Waals surface area contributed by atoms with Gasteiger partial charge >= 0.3 is 5.97 Å². The average molecular weight is 662 g/mol. The molecule has 4 atom stereocenters. The maximum Gasteiger partial charge on any atom is 0.338 e. The topological polar surface area (TPSA) is 131 Å². The van der Waals surface area contributed by atoms with Crippen LogP contribution in [-0.2, 0) is 22.6 Å². The highest BCUT2D eigenvalue weighted by Crippen LogP contribution is 2.43. The van der Waals surface area contributed by atoms with E-state index < -0.39 is 12.3 Å². The van der Waals surface area contributed by atoms with Gasteiger partial charge in [-0.1, -0.05) is 79.7 Å². The summed E-state index contributed by atoms with van der Waals surface area (Å²) < 4.78 is 13.2. The van der Waals surface area contributed by atoms with Crippen LogP contribution in [0.5, 0.6) is 0 Å². The SMILES string of the molecule is C[C@H]1[C@@H](CSc2ncccc2C(=O)O)O[C@@H](c2ccc(-c3ccccc3CNC(=O)c3cccnc3)cc2)O[C@H]1c1ccc(CO)cc1. The van der Waals surface area contributed by atoms with Gasteiger partial charge in [-0.2, -0.15) is 0 Å². The molecule has 2 aromatic heterocycles. The van der Waals surface area contributed by atoms with Crippen LogP contribution in [0.4, 0.5) is 0 Å². The van der Waals surface area contributed by atoms with Crippen molar-refractivity contribution < 1.29 is 29.3 Å². The molecule has 1 aliphatic heterocycles. The summed E-state index contributed by atoms with van der Waals surface area (Å²) in [5.41, 5.74) is 6.22. The number of aromatic nitrogens is 2. The van der Waals surface area contributed by atoms with E-state index >= 15 is 0 Å². The van der Waals surface area contributed by atoms with Gasteiger partial charge in [0, 0.05) is 42.4 Å². The quantitative estimate of drug-likeness (QED) is 0.130. The van der Waals surface area contributed by atoms with Gasteiger partial charge in [0.25, 0.3) is 5.91 Å². The molecular weight excluding hydrogens is 627 g/mol. The number of hydrogen-bond acceptors (Lipinski definition) is 8. The minimum Gasteiger partial charge on any atom is -0.478 e. The number of carbonyl (C=O) groups excluding carboxylic acids is 1. The fourth-order valence-electron chi connectivity index (χ4n) is 5.69. The summed E-state index contributed by atoms with van der Waals surface area (Å²) in [5, 5.41) is 22.6. The van der Waals surface area contributed by atoms with Gasteiger partial charge in [0.1, 0.15) is 5.03 Å². The molecule has 3 N–H and O–H groups in total. The van der Waals surface area contributed by atoms with Gasteiger partial charge in [0.2, 0.25) is 0 Å². The van der Waals surface area contributed by atoms with E-state index in [4.69, 9.17) is 9.47 Å². The van der Waals surface area contributed by atoms with E-state index in [2.05, 4.69) is 22.2 Å². The Morgan fingerprint density at radius 1 is 0.875 bits per heavy atom. The number of aliphatic hydroxyl groups is 1. The van der Waals surface area contributed by atoms with Crippen LogP contribution < -0.4 is 5.32 Å². The number of amides is 1. The van der Waals surface area contributed by atoms with Crippen LogP contribution in [0.2, 0.25) is 0 Å². The van der Waals surface area contributed by atoms with E-state index in [1.807, 2.05) is 72.8 Å². The summed E-state index contributed by atoms with van der Waals surface area (Å²) in [7, 11) is 0. The molecule has 0 bridgehead atoms. The average Bonchev–Trinajstić information content (AvgIpc) is 3.14. The summed E-state index contributed by atoms with van der Waals surface area (Å²) in [6.07, 6.45) is 3.48. The minimum atomic E-state index is -1.02. The molecule has 1 amide bonds. The van der Waals surface area contributed by atoms with Crippen LogP contribution in [0.25, 0.3) is 11.1 Å². The van der Waals surface area contributed by atoms with Crippen LogP contribution in [0.15, 0.2) is 121 Å². The van der Waals surface area contributed by atoms with Crippen molar-refractivity contribution in [3.05, 3.63) is 149 Å². The molecule has 0 aliphatic carbocycles. The smallest absolute Gasteiger partial charge is 0.338 e. The van der Waals surface area contributed by atoms with Crippen LogP contribution in [-0.4, -0.2) is 43.9 Å². The first kappa shape index (κ1) is 33.0. The van der Waals surface area contributed by atoms with Crippen molar-refractivity contribution in [1.82, 2.24) is 15.3 Å². The molecule has 1 fully saturated rings. The lowest BCUT2D eigenvalue weighted by molar-refractivity contribution is -0.268. The number of hydrogen-bond donors (Lipinski definition) is 3. The van der Waals surface area contributed by atoms with Crippen LogP contribution in [0.1, 0.15) is 62.3 Å². The van der Waals surface area contributed by atoms with E-state index in [9.17, 15) is 19.8 Å². The number of aliphatic hydroxyl groups excluding tert-OH is 1. The molecule has 3 aromatic carbocycles. The summed E-state index contributed by atoms with van der Waals surface area (Å²) in [4.78, 5) is 32.8. The van der Waals surface area contributed by atoms with E-state index in [-0.39, 0.29) is 36.2 Å². The third kappa shape index (κ3) is 7.64. The Morgan fingerprint density at radius 2 is 1.62 bits per heavy atom. The van der Waals surface area contributed by atoms with Crippen molar-refractivity contribution in [2.45, 2.75) is 43.6 Å². The number of nitrogens with zero attached hydrogens (tertiary/aromatic N) is 2. The molecule has 0 unspecified atom stereocenters. The van der Waals surface area contributed by atoms with Crippen molar-refractivity contribution in [2.24, 2.45) is 5.92 Å². The lowest BCUT2D eigenvalue weighted by Crippen LogP contribution is -2.38. The molecule has 0 spiro atoms. The Hall–Kier alpha value is -4.87. The zero-order valence-corrected chi connectivity index (χ0v) is 27.0. The van der Waals surface area contributed by atoms with Crippen molar-refractivity contribution in [1.29, 1.82) is 0 Å². The van der Waals surface area contributed by atoms with Crippen LogP contribution in [0.3, 0.4) is 0 Å². The van der Waals surface area contributed by atoms with Gasteiger partial charge in [-0.3, -0.25) is 9.78 Å². The Bertz CT molecular complexity index is 1850. The fourth-order valence-corrected chi connectivity index (χ4v) is 6.84. The predicted octanol–water partition coefficient (Wildman–Crippen LogP) is 6.85. The number of rotatable bonds is 11.